The molecule has 1 aliphatic carbocycles. The van der Waals surface area contributed by atoms with Crippen molar-refractivity contribution in [1.82, 2.24) is 9.80 Å². The molecule has 4 rings (SSSR count). The van der Waals surface area contributed by atoms with E-state index in [-0.39, 0.29) is 5.91 Å². The Morgan fingerprint density at radius 3 is 2.12 bits per heavy atom. The van der Waals surface area contributed by atoms with Gasteiger partial charge in [0.2, 0.25) is 0 Å². The fourth-order valence-corrected chi connectivity index (χ4v) is 5.02. The number of ketones is 1. The summed E-state index contributed by atoms with van der Waals surface area (Å²) in [4.78, 5) is 48.5. The Labute approximate surface area is 200 Å². The van der Waals surface area contributed by atoms with E-state index in [1.54, 1.807) is 0 Å². The summed E-state index contributed by atoms with van der Waals surface area (Å²) in [5.41, 5.74) is 2.04. The Balaban J connectivity index is 0.000000350. The number of carboxylic acid groups (broad SMARTS) is 2. The highest BCUT2D eigenvalue weighted by atomic mass is 16.4. The van der Waals surface area contributed by atoms with Crippen molar-refractivity contribution in [2.45, 2.75) is 51.5 Å². The van der Waals surface area contributed by atoms with Crippen molar-refractivity contribution in [3.63, 3.8) is 0 Å². The summed E-state index contributed by atoms with van der Waals surface area (Å²) in [6.07, 6.45) is 9.27. The number of rotatable bonds is 7. The summed E-state index contributed by atoms with van der Waals surface area (Å²) in [6.45, 7) is 4.26. The van der Waals surface area contributed by atoms with Gasteiger partial charge < -0.3 is 15.1 Å². The summed E-state index contributed by atoms with van der Waals surface area (Å²) >= 11 is 0. The summed E-state index contributed by atoms with van der Waals surface area (Å²) in [7, 11) is 0. The van der Waals surface area contributed by atoms with E-state index in [1.165, 1.54) is 19.3 Å². The van der Waals surface area contributed by atoms with Crippen LogP contribution < -0.4 is 0 Å². The monoisotopic (exact) mass is 470 g/mol. The fraction of sp³-hybridized carbons (Fsp3) is 0.538. The van der Waals surface area contributed by atoms with E-state index >= 15 is 0 Å². The largest absolute Gasteiger partial charge is 0.478 e. The molecule has 1 amide bonds. The number of carbonyl (C=O) groups excluding carboxylic acids is 2. The molecule has 8 heteroatoms. The standard InChI is InChI=1S/C22H30N2O2.C4H4O4/c25-21(18-6-2-1-3-7-18)16-23-12-10-17(11-13-23)14-24-15-19-8-4-5-9-20(19)22(24)26;5-3(6)1-2-4(7)8/h4-5,8-9,17-18H,1-3,6-7,10-16H2;1-2H,(H,5,6)(H,7,8)/b;2-1+. The van der Waals surface area contributed by atoms with Gasteiger partial charge in [-0.3, -0.25) is 14.5 Å². The van der Waals surface area contributed by atoms with Gasteiger partial charge in [0.15, 0.2) is 0 Å². The average molecular weight is 471 g/mol. The van der Waals surface area contributed by atoms with Gasteiger partial charge in [0.25, 0.3) is 5.91 Å². The zero-order chi connectivity index (χ0) is 24.5. The van der Waals surface area contributed by atoms with Gasteiger partial charge in [-0.1, -0.05) is 37.5 Å². The molecule has 2 heterocycles. The number of fused-ring (bicyclic) bond motifs is 1. The third-order valence-electron chi connectivity index (χ3n) is 6.89. The van der Waals surface area contributed by atoms with Crippen LogP contribution in [0.25, 0.3) is 0 Å². The molecule has 2 aliphatic heterocycles. The third kappa shape index (κ3) is 7.52. The molecular formula is C26H34N2O6. The molecule has 0 aromatic heterocycles. The quantitative estimate of drug-likeness (QED) is 0.588. The lowest BCUT2D eigenvalue weighted by atomic mass is 9.85. The molecule has 1 saturated heterocycles. The highest BCUT2D eigenvalue weighted by molar-refractivity contribution is 5.98. The van der Waals surface area contributed by atoms with Crippen molar-refractivity contribution in [3.8, 4) is 0 Å². The van der Waals surface area contributed by atoms with Gasteiger partial charge in [-0.15, -0.1) is 0 Å². The van der Waals surface area contributed by atoms with Gasteiger partial charge >= 0.3 is 11.9 Å². The number of amides is 1. The number of carbonyl (C=O) groups is 4. The van der Waals surface area contributed by atoms with Crippen LogP contribution in [-0.4, -0.2) is 69.8 Å². The minimum Gasteiger partial charge on any atom is -0.478 e. The molecule has 0 unspecified atom stereocenters. The van der Waals surface area contributed by atoms with Crippen LogP contribution in [0.3, 0.4) is 0 Å². The maximum Gasteiger partial charge on any atom is 0.328 e. The van der Waals surface area contributed by atoms with Crippen molar-refractivity contribution in [3.05, 3.63) is 47.5 Å². The van der Waals surface area contributed by atoms with Gasteiger partial charge in [0, 0.05) is 36.7 Å². The van der Waals surface area contributed by atoms with Crippen LogP contribution in [0.5, 0.6) is 0 Å². The second-order valence-corrected chi connectivity index (χ2v) is 9.37. The fourth-order valence-electron chi connectivity index (χ4n) is 5.02. The van der Waals surface area contributed by atoms with Crippen LogP contribution in [-0.2, 0) is 20.9 Å². The van der Waals surface area contributed by atoms with E-state index in [9.17, 15) is 19.2 Å². The number of nitrogens with zero attached hydrogens (tertiary/aromatic N) is 2. The molecule has 0 atom stereocenters. The normalized spacial score (nSPS) is 19.5. The zero-order valence-electron chi connectivity index (χ0n) is 19.5. The average Bonchev–Trinajstić information content (AvgIpc) is 3.15. The molecule has 1 saturated carbocycles. The first kappa shape index (κ1) is 25.6. The Kier molecular flexibility index (Phi) is 9.39. The molecule has 1 aromatic carbocycles. The first-order valence-corrected chi connectivity index (χ1v) is 12.1. The molecule has 8 nitrogen and oxygen atoms in total. The van der Waals surface area contributed by atoms with E-state index in [0.717, 1.165) is 63.0 Å². The van der Waals surface area contributed by atoms with Crippen LogP contribution in [0.2, 0.25) is 0 Å². The molecule has 0 bridgehead atoms. The van der Waals surface area contributed by atoms with Crippen molar-refractivity contribution in [2.24, 2.45) is 11.8 Å². The van der Waals surface area contributed by atoms with Crippen molar-refractivity contribution < 1.29 is 29.4 Å². The number of hydrogen-bond donors (Lipinski definition) is 2. The van der Waals surface area contributed by atoms with Crippen LogP contribution in [0.15, 0.2) is 36.4 Å². The molecule has 2 N–H and O–H groups in total. The number of piperidine rings is 1. The van der Waals surface area contributed by atoms with Crippen molar-refractivity contribution in [2.75, 3.05) is 26.2 Å². The minimum absolute atomic E-state index is 0.190. The Hall–Kier alpha value is -3.00. The highest BCUT2D eigenvalue weighted by Crippen LogP contribution is 2.28. The van der Waals surface area contributed by atoms with E-state index in [0.29, 0.717) is 36.3 Å². The maximum absolute atomic E-state index is 12.5. The van der Waals surface area contributed by atoms with E-state index in [4.69, 9.17) is 10.2 Å². The smallest absolute Gasteiger partial charge is 0.328 e. The van der Waals surface area contributed by atoms with Gasteiger partial charge in [-0.25, -0.2) is 9.59 Å². The Bertz CT molecular complexity index is 898. The number of aliphatic carboxylic acids is 2. The SMILES string of the molecule is O=C(CN1CCC(CN2Cc3ccccc3C2=O)CC1)C1CCCCC1.O=C(O)/C=C/C(=O)O. The lowest BCUT2D eigenvalue weighted by molar-refractivity contribution is -0.134. The molecule has 2 fully saturated rings. The van der Waals surface area contributed by atoms with Gasteiger partial charge in [-0.05, 0) is 56.3 Å². The number of likely N-dealkylation sites (tertiary alicyclic amines) is 1. The number of hydrogen-bond acceptors (Lipinski definition) is 5. The predicted molar refractivity (Wildman–Crippen MR) is 126 cm³/mol. The van der Waals surface area contributed by atoms with Crippen LogP contribution in [0, 0.1) is 11.8 Å². The third-order valence-corrected chi connectivity index (χ3v) is 6.89. The molecule has 1 aromatic rings. The van der Waals surface area contributed by atoms with Crippen LogP contribution in [0.4, 0.5) is 0 Å². The molecule has 0 spiro atoms. The Morgan fingerprint density at radius 1 is 0.912 bits per heavy atom. The lowest BCUT2D eigenvalue weighted by Gasteiger charge is -2.34. The van der Waals surface area contributed by atoms with E-state index in [2.05, 4.69) is 11.0 Å². The summed E-state index contributed by atoms with van der Waals surface area (Å²) in [5.74, 6) is -0.972. The second kappa shape index (κ2) is 12.5. The highest BCUT2D eigenvalue weighted by Gasteiger charge is 2.31. The van der Waals surface area contributed by atoms with Crippen molar-refractivity contribution >= 4 is 23.6 Å². The topological polar surface area (TPSA) is 115 Å². The molecule has 3 aliphatic rings. The van der Waals surface area contributed by atoms with E-state index in [1.807, 2.05) is 23.1 Å². The van der Waals surface area contributed by atoms with Gasteiger partial charge in [0.1, 0.15) is 5.78 Å². The van der Waals surface area contributed by atoms with Gasteiger partial charge in [-0.2, -0.15) is 0 Å². The van der Waals surface area contributed by atoms with E-state index < -0.39 is 11.9 Å². The zero-order valence-corrected chi connectivity index (χ0v) is 19.5. The minimum atomic E-state index is -1.26. The summed E-state index contributed by atoms with van der Waals surface area (Å²) < 4.78 is 0. The maximum atomic E-state index is 12.5. The second-order valence-electron chi connectivity index (χ2n) is 9.37. The first-order chi connectivity index (χ1) is 16.3. The first-order valence-electron chi connectivity index (χ1n) is 12.1. The summed E-state index contributed by atoms with van der Waals surface area (Å²) in [6, 6.07) is 7.96. The molecule has 0 radical (unpaired) electrons. The van der Waals surface area contributed by atoms with Crippen LogP contribution >= 0.6 is 0 Å². The van der Waals surface area contributed by atoms with Crippen LogP contribution in [0.1, 0.15) is 60.9 Å². The number of Topliss-reactive ketones (excluding diaryl/α,β-unsaturated/α-hetero) is 1. The molecule has 34 heavy (non-hydrogen) atoms. The molecular weight excluding hydrogens is 436 g/mol. The Morgan fingerprint density at radius 2 is 1.53 bits per heavy atom. The van der Waals surface area contributed by atoms with Crippen molar-refractivity contribution in [1.29, 1.82) is 0 Å². The summed E-state index contributed by atoms with van der Waals surface area (Å²) in [5, 5.41) is 15.6. The molecule has 184 valence electrons. The number of benzene rings is 1. The number of carboxylic acids is 2. The predicted octanol–water partition coefficient (Wildman–Crippen LogP) is 3.22. The lowest BCUT2D eigenvalue weighted by Crippen LogP contribution is -2.42. The van der Waals surface area contributed by atoms with Gasteiger partial charge in [0.05, 0.1) is 6.54 Å².